The molecule has 7 nitrogen and oxygen atoms in total. The maximum atomic E-state index is 11.2. The number of aromatic nitrogens is 2. The molecule has 4 rings (SSSR count). The molecule has 0 aliphatic heterocycles. The largest absolute Gasteiger partial charge is 0.494 e. The maximum absolute atomic E-state index is 11.2. The molecular weight excluding hydrogens is 450 g/mol. The van der Waals surface area contributed by atoms with E-state index in [0.29, 0.717) is 30.2 Å². The maximum Gasteiger partial charge on any atom is 0.270 e. The number of benzene rings is 3. The van der Waals surface area contributed by atoms with Gasteiger partial charge in [-0.15, -0.1) is 0 Å². The Balaban J connectivity index is 1.46. The lowest BCUT2D eigenvalue weighted by atomic mass is 10.1. The molecule has 174 valence electrons. The van der Waals surface area contributed by atoms with Crippen LogP contribution in [0.3, 0.4) is 0 Å². The van der Waals surface area contributed by atoms with Crippen molar-refractivity contribution in [1.29, 1.82) is 0 Å². The monoisotopic (exact) mass is 475 g/mol. The SMILES string of the molecule is CCCOc1ccc(OCCSc2nc(-c3cccc([N+](=O)[O-])c3)cn2-c2ccccc2)cc1. The molecule has 0 fully saturated rings. The van der Waals surface area contributed by atoms with Gasteiger partial charge in [0, 0.05) is 35.3 Å². The van der Waals surface area contributed by atoms with Crippen molar-refractivity contribution in [2.45, 2.75) is 18.5 Å². The van der Waals surface area contributed by atoms with Gasteiger partial charge in [0.2, 0.25) is 0 Å². The summed E-state index contributed by atoms with van der Waals surface area (Å²) in [4.78, 5) is 15.6. The predicted molar refractivity (Wildman–Crippen MR) is 134 cm³/mol. The number of nitro benzene ring substituents is 1. The zero-order valence-corrected chi connectivity index (χ0v) is 19.6. The van der Waals surface area contributed by atoms with Gasteiger partial charge < -0.3 is 9.47 Å². The Morgan fingerprint density at radius 1 is 0.941 bits per heavy atom. The van der Waals surface area contributed by atoms with Gasteiger partial charge in [0.25, 0.3) is 5.69 Å². The Hall–Kier alpha value is -3.78. The average Bonchev–Trinajstić information content (AvgIpc) is 3.31. The van der Waals surface area contributed by atoms with Crippen molar-refractivity contribution in [2.24, 2.45) is 0 Å². The van der Waals surface area contributed by atoms with Gasteiger partial charge >= 0.3 is 0 Å². The van der Waals surface area contributed by atoms with Crippen molar-refractivity contribution in [1.82, 2.24) is 9.55 Å². The van der Waals surface area contributed by atoms with Crippen molar-refractivity contribution in [3.63, 3.8) is 0 Å². The highest BCUT2D eigenvalue weighted by Crippen LogP contribution is 2.29. The molecule has 0 saturated heterocycles. The van der Waals surface area contributed by atoms with Crippen molar-refractivity contribution in [3.05, 3.63) is 95.2 Å². The Bertz CT molecular complexity index is 1230. The lowest BCUT2D eigenvalue weighted by molar-refractivity contribution is -0.384. The lowest BCUT2D eigenvalue weighted by Gasteiger charge is -2.09. The molecule has 0 bridgehead atoms. The zero-order valence-electron chi connectivity index (χ0n) is 18.8. The van der Waals surface area contributed by atoms with Crippen LogP contribution in [-0.4, -0.2) is 33.4 Å². The molecule has 1 aromatic heterocycles. The third kappa shape index (κ3) is 5.96. The molecule has 34 heavy (non-hydrogen) atoms. The van der Waals surface area contributed by atoms with Gasteiger partial charge in [0.1, 0.15) is 11.5 Å². The number of hydrogen-bond acceptors (Lipinski definition) is 6. The van der Waals surface area contributed by atoms with Gasteiger partial charge in [-0.05, 0) is 42.8 Å². The molecule has 0 atom stereocenters. The molecule has 1 heterocycles. The molecule has 0 unspecified atom stereocenters. The van der Waals surface area contributed by atoms with E-state index in [-0.39, 0.29) is 5.69 Å². The fraction of sp³-hybridized carbons (Fsp3) is 0.192. The molecule has 0 N–H and O–H groups in total. The van der Waals surface area contributed by atoms with E-state index in [9.17, 15) is 10.1 Å². The topological polar surface area (TPSA) is 79.4 Å². The molecule has 0 amide bonds. The van der Waals surface area contributed by atoms with Gasteiger partial charge in [-0.3, -0.25) is 14.7 Å². The van der Waals surface area contributed by atoms with Crippen LogP contribution in [-0.2, 0) is 0 Å². The van der Waals surface area contributed by atoms with Crippen molar-refractivity contribution < 1.29 is 14.4 Å². The quantitative estimate of drug-likeness (QED) is 0.108. The highest BCUT2D eigenvalue weighted by Gasteiger charge is 2.14. The second-order valence-corrected chi connectivity index (χ2v) is 8.50. The molecule has 3 aromatic carbocycles. The van der Waals surface area contributed by atoms with E-state index in [0.717, 1.165) is 28.8 Å². The fourth-order valence-electron chi connectivity index (χ4n) is 3.30. The molecule has 8 heteroatoms. The van der Waals surface area contributed by atoms with E-state index >= 15 is 0 Å². The Labute approximate surface area is 202 Å². The molecular formula is C26H25N3O4S. The highest BCUT2D eigenvalue weighted by molar-refractivity contribution is 7.99. The number of imidazole rings is 1. The van der Waals surface area contributed by atoms with Gasteiger partial charge in [-0.2, -0.15) is 0 Å². The Morgan fingerprint density at radius 3 is 2.32 bits per heavy atom. The molecule has 0 saturated carbocycles. The van der Waals surface area contributed by atoms with Crippen LogP contribution in [0.5, 0.6) is 11.5 Å². The van der Waals surface area contributed by atoms with Crippen LogP contribution < -0.4 is 9.47 Å². The van der Waals surface area contributed by atoms with E-state index in [1.165, 1.54) is 6.07 Å². The molecule has 0 spiro atoms. The lowest BCUT2D eigenvalue weighted by Crippen LogP contribution is -2.02. The van der Waals surface area contributed by atoms with Crippen LogP contribution in [0.15, 0.2) is 90.2 Å². The van der Waals surface area contributed by atoms with Crippen LogP contribution >= 0.6 is 11.8 Å². The minimum absolute atomic E-state index is 0.0421. The number of nitrogens with zero attached hydrogens (tertiary/aromatic N) is 3. The minimum atomic E-state index is -0.396. The number of para-hydroxylation sites is 1. The summed E-state index contributed by atoms with van der Waals surface area (Å²) in [6.45, 7) is 3.28. The standard InChI is InChI=1S/C26H25N3O4S/c1-2-15-32-23-11-13-24(14-12-23)33-16-17-34-26-27-25(19-28(26)21-8-4-3-5-9-21)20-7-6-10-22(18-20)29(30)31/h3-14,18-19H,2,15-17H2,1H3. The molecule has 0 radical (unpaired) electrons. The van der Waals surface area contributed by atoms with Crippen molar-refractivity contribution in [2.75, 3.05) is 19.0 Å². The summed E-state index contributed by atoms with van der Waals surface area (Å²) in [6.07, 6.45) is 2.88. The Morgan fingerprint density at radius 2 is 1.65 bits per heavy atom. The predicted octanol–water partition coefficient (Wildman–Crippen LogP) is 6.41. The fourth-order valence-corrected chi connectivity index (χ4v) is 4.11. The third-order valence-corrected chi connectivity index (χ3v) is 5.86. The number of thioether (sulfide) groups is 1. The zero-order chi connectivity index (χ0) is 23.8. The van der Waals surface area contributed by atoms with Gasteiger partial charge in [0.15, 0.2) is 5.16 Å². The van der Waals surface area contributed by atoms with Gasteiger partial charge in [-0.1, -0.05) is 49.0 Å². The number of hydrogen-bond donors (Lipinski definition) is 0. The third-order valence-electron chi connectivity index (χ3n) is 4.94. The summed E-state index contributed by atoms with van der Waals surface area (Å²) in [7, 11) is 0. The summed E-state index contributed by atoms with van der Waals surface area (Å²) >= 11 is 1.57. The first-order valence-electron chi connectivity index (χ1n) is 11.0. The van der Waals surface area contributed by atoms with E-state index in [1.54, 1.807) is 23.9 Å². The first-order chi connectivity index (χ1) is 16.6. The van der Waals surface area contributed by atoms with Crippen LogP contribution in [0.1, 0.15) is 13.3 Å². The number of ether oxygens (including phenoxy) is 2. The van der Waals surface area contributed by atoms with Crippen LogP contribution in [0.2, 0.25) is 0 Å². The second-order valence-electron chi connectivity index (χ2n) is 7.44. The summed E-state index contributed by atoms with van der Waals surface area (Å²) in [5, 5.41) is 12.0. The van der Waals surface area contributed by atoms with Crippen LogP contribution in [0.4, 0.5) is 5.69 Å². The Kier molecular flexibility index (Phi) is 7.83. The van der Waals surface area contributed by atoms with E-state index in [1.807, 2.05) is 71.4 Å². The van der Waals surface area contributed by atoms with Crippen LogP contribution in [0.25, 0.3) is 16.9 Å². The summed E-state index contributed by atoms with van der Waals surface area (Å²) in [5.41, 5.74) is 2.39. The highest BCUT2D eigenvalue weighted by atomic mass is 32.2. The minimum Gasteiger partial charge on any atom is -0.494 e. The smallest absolute Gasteiger partial charge is 0.270 e. The van der Waals surface area contributed by atoms with E-state index in [2.05, 4.69) is 6.92 Å². The second kappa shape index (κ2) is 11.4. The first kappa shape index (κ1) is 23.4. The summed E-state index contributed by atoms with van der Waals surface area (Å²) in [5.74, 6) is 2.31. The van der Waals surface area contributed by atoms with E-state index in [4.69, 9.17) is 14.5 Å². The summed E-state index contributed by atoms with van der Waals surface area (Å²) in [6, 6.07) is 24.0. The molecule has 0 aliphatic carbocycles. The van der Waals surface area contributed by atoms with Gasteiger partial charge in [-0.25, -0.2) is 4.98 Å². The number of rotatable bonds is 11. The van der Waals surface area contributed by atoms with Gasteiger partial charge in [0.05, 0.1) is 23.8 Å². The van der Waals surface area contributed by atoms with Crippen LogP contribution in [0, 0.1) is 10.1 Å². The molecule has 4 aromatic rings. The van der Waals surface area contributed by atoms with Crippen molar-refractivity contribution in [3.8, 4) is 28.4 Å². The van der Waals surface area contributed by atoms with E-state index < -0.39 is 4.92 Å². The van der Waals surface area contributed by atoms with Crippen molar-refractivity contribution >= 4 is 17.4 Å². The number of nitro groups is 1. The molecule has 0 aliphatic rings. The first-order valence-corrected chi connectivity index (χ1v) is 12.0. The average molecular weight is 476 g/mol. The summed E-state index contributed by atoms with van der Waals surface area (Å²) < 4.78 is 13.5. The normalized spacial score (nSPS) is 10.7. The number of non-ortho nitro benzene ring substituents is 1.